The van der Waals surface area contributed by atoms with Crippen molar-refractivity contribution in [3.63, 3.8) is 0 Å². The van der Waals surface area contributed by atoms with Gasteiger partial charge in [-0.05, 0) is 12.8 Å². The molecule has 1 N–H and O–H groups in total. The maximum absolute atomic E-state index is 12.7. The largest absolute Gasteiger partial charge is 0.417 e. The molecule has 1 saturated heterocycles. The van der Waals surface area contributed by atoms with Crippen LogP contribution in [0.3, 0.4) is 0 Å². The average molecular weight is 333 g/mol. The Labute approximate surface area is 127 Å². The van der Waals surface area contributed by atoms with E-state index in [9.17, 15) is 23.1 Å². The lowest BCUT2D eigenvalue weighted by Crippen LogP contribution is -2.53. The Morgan fingerprint density at radius 3 is 2.68 bits per heavy atom. The Balaban J connectivity index is 1.71. The minimum absolute atomic E-state index is 0.113. The molecule has 3 rings (SSSR count). The first kappa shape index (κ1) is 15.4. The van der Waals surface area contributed by atoms with E-state index < -0.39 is 11.8 Å². The van der Waals surface area contributed by atoms with Crippen LogP contribution in [0, 0.1) is 0 Å². The fourth-order valence-corrected chi connectivity index (χ4v) is 3.30. The first-order valence-corrected chi connectivity index (χ1v) is 7.64. The molecule has 120 valence electrons. The summed E-state index contributed by atoms with van der Waals surface area (Å²) >= 11 is 1.33. The van der Waals surface area contributed by atoms with Crippen molar-refractivity contribution in [3.8, 4) is 0 Å². The maximum Gasteiger partial charge on any atom is 0.417 e. The summed E-state index contributed by atoms with van der Waals surface area (Å²) < 4.78 is 39.7. The van der Waals surface area contributed by atoms with Crippen molar-refractivity contribution in [1.82, 2.24) is 14.3 Å². The van der Waals surface area contributed by atoms with Crippen LogP contribution in [-0.4, -0.2) is 44.3 Å². The van der Waals surface area contributed by atoms with Gasteiger partial charge in [0.2, 0.25) is 0 Å². The van der Waals surface area contributed by atoms with Gasteiger partial charge in [-0.2, -0.15) is 13.2 Å². The molecule has 0 radical (unpaired) electrons. The van der Waals surface area contributed by atoms with Gasteiger partial charge in [0.15, 0.2) is 10.6 Å². The summed E-state index contributed by atoms with van der Waals surface area (Å²) in [4.78, 5) is 18.5. The molecule has 1 aliphatic heterocycles. The van der Waals surface area contributed by atoms with Gasteiger partial charge < -0.3 is 5.11 Å². The minimum Gasteiger partial charge on any atom is -0.380 e. The second-order valence-corrected chi connectivity index (χ2v) is 6.32. The number of hydrogen-bond acceptors (Lipinski definition) is 5. The van der Waals surface area contributed by atoms with Gasteiger partial charge >= 0.3 is 6.18 Å². The van der Waals surface area contributed by atoms with E-state index in [1.807, 2.05) is 0 Å². The molecule has 0 unspecified atom stereocenters. The van der Waals surface area contributed by atoms with Crippen molar-refractivity contribution < 1.29 is 18.3 Å². The Kier molecular flexibility index (Phi) is 3.74. The highest BCUT2D eigenvalue weighted by Crippen LogP contribution is 2.38. The van der Waals surface area contributed by atoms with Crippen LogP contribution in [0.25, 0.3) is 4.96 Å². The molecule has 0 spiro atoms. The number of halogens is 3. The van der Waals surface area contributed by atoms with Crippen LogP contribution in [0.4, 0.5) is 13.2 Å². The summed E-state index contributed by atoms with van der Waals surface area (Å²) in [6.45, 7) is 0.528. The Morgan fingerprint density at radius 2 is 2.05 bits per heavy atom. The Bertz CT molecular complexity index is 732. The summed E-state index contributed by atoms with van der Waals surface area (Å²) in [5.41, 5.74) is -2.27. The van der Waals surface area contributed by atoms with E-state index in [4.69, 9.17) is 0 Å². The van der Waals surface area contributed by atoms with Crippen molar-refractivity contribution >= 4 is 16.3 Å². The van der Waals surface area contributed by atoms with Gasteiger partial charge in [0.25, 0.3) is 5.56 Å². The van der Waals surface area contributed by atoms with Crippen molar-refractivity contribution in [2.24, 2.45) is 0 Å². The topological polar surface area (TPSA) is 57.8 Å². The summed E-state index contributed by atoms with van der Waals surface area (Å²) in [5.74, 6) is 0. The molecule has 5 nitrogen and oxygen atoms in total. The Morgan fingerprint density at radius 1 is 1.36 bits per heavy atom. The first-order valence-electron chi connectivity index (χ1n) is 6.76. The van der Waals surface area contributed by atoms with Crippen molar-refractivity contribution in [2.45, 2.75) is 31.2 Å². The van der Waals surface area contributed by atoms with E-state index in [1.54, 1.807) is 16.5 Å². The lowest BCUT2D eigenvalue weighted by atomic mass is 9.91. The molecule has 0 bridgehead atoms. The van der Waals surface area contributed by atoms with Gasteiger partial charge in [-0.3, -0.25) is 14.1 Å². The molecule has 0 amide bonds. The highest BCUT2D eigenvalue weighted by Gasteiger charge is 2.54. The van der Waals surface area contributed by atoms with Crippen molar-refractivity contribution in [2.75, 3.05) is 13.1 Å². The number of nitrogens with zero attached hydrogens (tertiary/aromatic N) is 3. The Hall–Kier alpha value is -1.45. The molecule has 2 aromatic heterocycles. The lowest BCUT2D eigenvalue weighted by Gasteiger charge is -2.38. The fraction of sp³-hybridized carbons (Fsp3) is 0.538. The summed E-state index contributed by atoms with van der Waals surface area (Å²) in [6, 6.07) is 1.39. The van der Waals surface area contributed by atoms with Gasteiger partial charge in [0.05, 0.1) is 5.69 Å². The third-order valence-corrected chi connectivity index (χ3v) is 4.71. The number of fused-ring (bicyclic) bond motifs is 1. The predicted molar refractivity (Wildman–Crippen MR) is 74.9 cm³/mol. The van der Waals surface area contributed by atoms with E-state index in [-0.39, 0.29) is 31.5 Å². The van der Waals surface area contributed by atoms with Crippen LogP contribution in [0.15, 0.2) is 22.4 Å². The standard InChI is InChI=1S/C13H14F3N3O2S/c14-13(15,16)12(21)1-3-18(4-2-12)8-9-7-10(20)19-5-6-22-11(19)17-9/h5-7,21H,1-4,8H2. The molecule has 0 aliphatic carbocycles. The second kappa shape index (κ2) is 5.32. The third-order valence-electron chi connectivity index (χ3n) is 3.95. The summed E-state index contributed by atoms with van der Waals surface area (Å²) in [6.07, 6.45) is -3.71. The van der Waals surface area contributed by atoms with Crippen molar-refractivity contribution in [1.29, 1.82) is 0 Å². The van der Waals surface area contributed by atoms with Gasteiger partial charge in [0, 0.05) is 37.3 Å². The van der Waals surface area contributed by atoms with E-state index in [0.717, 1.165) is 0 Å². The third kappa shape index (κ3) is 2.75. The zero-order valence-electron chi connectivity index (χ0n) is 11.5. The number of thiazole rings is 1. The van der Waals surface area contributed by atoms with Gasteiger partial charge in [0.1, 0.15) is 0 Å². The highest BCUT2D eigenvalue weighted by molar-refractivity contribution is 7.15. The smallest absolute Gasteiger partial charge is 0.380 e. The average Bonchev–Trinajstić information content (AvgIpc) is 2.89. The van der Waals surface area contributed by atoms with Crippen LogP contribution in [0.5, 0.6) is 0 Å². The summed E-state index contributed by atoms with van der Waals surface area (Å²) in [5, 5.41) is 11.4. The zero-order valence-corrected chi connectivity index (χ0v) is 12.3. The predicted octanol–water partition coefficient (Wildman–Crippen LogP) is 1.65. The van der Waals surface area contributed by atoms with Crippen LogP contribution < -0.4 is 5.56 Å². The lowest BCUT2D eigenvalue weighted by molar-refractivity contribution is -0.272. The van der Waals surface area contributed by atoms with Gasteiger partial charge in [-0.1, -0.05) is 0 Å². The highest BCUT2D eigenvalue weighted by atomic mass is 32.1. The van der Waals surface area contributed by atoms with E-state index >= 15 is 0 Å². The molecule has 2 aromatic rings. The normalized spacial score (nSPS) is 19.6. The molecule has 0 aromatic carbocycles. The molecule has 0 saturated carbocycles. The number of rotatable bonds is 2. The quantitative estimate of drug-likeness (QED) is 0.908. The number of hydrogen-bond donors (Lipinski definition) is 1. The molecule has 9 heteroatoms. The molecule has 22 heavy (non-hydrogen) atoms. The molecular weight excluding hydrogens is 319 g/mol. The number of aliphatic hydroxyl groups is 1. The fourth-order valence-electron chi connectivity index (χ4n) is 2.56. The minimum atomic E-state index is -4.61. The van der Waals surface area contributed by atoms with Gasteiger partial charge in [-0.25, -0.2) is 4.98 Å². The second-order valence-electron chi connectivity index (χ2n) is 5.45. The van der Waals surface area contributed by atoms with Gasteiger partial charge in [-0.15, -0.1) is 11.3 Å². The monoisotopic (exact) mass is 333 g/mol. The molecule has 1 aliphatic rings. The van der Waals surface area contributed by atoms with Crippen LogP contribution >= 0.6 is 11.3 Å². The first-order chi connectivity index (χ1) is 10.3. The summed E-state index contributed by atoms with van der Waals surface area (Å²) in [7, 11) is 0. The zero-order chi connectivity index (χ0) is 16.0. The SMILES string of the molecule is O=c1cc(CN2CCC(O)(C(F)(F)F)CC2)nc2sccn12. The van der Waals surface area contributed by atoms with E-state index in [0.29, 0.717) is 17.2 Å². The van der Waals surface area contributed by atoms with Crippen molar-refractivity contribution in [3.05, 3.63) is 33.7 Å². The molecule has 0 atom stereocenters. The van der Waals surface area contributed by atoms with E-state index in [1.165, 1.54) is 21.8 Å². The number of aromatic nitrogens is 2. The van der Waals surface area contributed by atoms with Crippen LogP contribution in [0.2, 0.25) is 0 Å². The molecule has 3 heterocycles. The number of alkyl halides is 3. The van der Waals surface area contributed by atoms with Crippen LogP contribution in [0.1, 0.15) is 18.5 Å². The van der Waals surface area contributed by atoms with E-state index in [2.05, 4.69) is 4.98 Å². The molecule has 1 fully saturated rings. The number of likely N-dealkylation sites (tertiary alicyclic amines) is 1. The number of piperidine rings is 1. The van der Waals surface area contributed by atoms with Crippen LogP contribution in [-0.2, 0) is 6.54 Å². The molecular formula is C13H14F3N3O2S. The maximum atomic E-state index is 12.7.